The number of aliphatic hydroxyl groups is 1. The zero-order valence-electron chi connectivity index (χ0n) is 21.3. The van der Waals surface area contributed by atoms with E-state index in [0.717, 1.165) is 48.8 Å². The number of carbonyl (C=O) groups excluding carboxylic acids is 1. The van der Waals surface area contributed by atoms with Crippen LogP contribution >= 0.6 is 0 Å². The third-order valence-corrected chi connectivity index (χ3v) is 9.19. The van der Waals surface area contributed by atoms with Gasteiger partial charge in [0.2, 0.25) is 0 Å². The first-order chi connectivity index (χ1) is 16.4. The molecule has 2 unspecified atom stereocenters. The van der Waals surface area contributed by atoms with Crippen LogP contribution in [0.2, 0.25) is 0 Å². The van der Waals surface area contributed by atoms with Gasteiger partial charge in [-0.3, -0.25) is 4.79 Å². The maximum absolute atomic E-state index is 13.9. The number of amides is 1. The summed E-state index contributed by atoms with van der Waals surface area (Å²) in [4.78, 5) is 15.8. The predicted molar refractivity (Wildman–Crippen MR) is 136 cm³/mol. The molecule has 2 aromatic rings. The standard InChI is InChI=1S/C30H41N2O2.HI/c1-31(29(33)30(34,27-15-9-10-16-27)26-13-7-4-8-14-26)19-28-24-17-18-25(28)22-32(2,21-24)20-23-11-5-3-6-12-23;/h3-8,11-14,24-25,27-28,34H,9-10,15-22H2,1-2H3;1H/q+1;/p-1/t24?,25?,28?,30-,32?;/m0./s1. The Bertz CT molecular complexity index is 964. The number of quaternary nitrogens is 1. The summed E-state index contributed by atoms with van der Waals surface area (Å²) >= 11 is 0. The number of likely N-dealkylation sites (N-methyl/N-ethyl adjacent to an activating group) is 1. The molecule has 2 saturated carbocycles. The van der Waals surface area contributed by atoms with Crippen molar-refractivity contribution in [3.05, 3.63) is 71.8 Å². The van der Waals surface area contributed by atoms with Crippen LogP contribution < -0.4 is 24.0 Å². The normalized spacial score (nSPS) is 29.9. The number of hydrogen-bond acceptors (Lipinski definition) is 2. The highest BCUT2D eigenvalue weighted by Gasteiger charge is 2.51. The van der Waals surface area contributed by atoms with Crippen molar-refractivity contribution in [2.45, 2.75) is 50.7 Å². The smallest absolute Gasteiger partial charge is 0.259 e. The maximum Gasteiger partial charge on any atom is 0.259 e. The lowest BCUT2D eigenvalue weighted by atomic mass is 9.78. The van der Waals surface area contributed by atoms with Gasteiger partial charge in [0.25, 0.3) is 5.91 Å². The molecule has 1 saturated heterocycles. The van der Waals surface area contributed by atoms with Gasteiger partial charge in [-0.1, -0.05) is 73.5 Å². The highest BCUT2D eigenvalue weighted by atomic mass is 127. The molecule has 3 aliphatic rings. The Hall–Kier alpha value is -1.44. The van der Waals surface area contributed by atoms with Crippen LogP contribution in [0, 0.1) is 23.7 Å². The minimum Gasteiger partial charge on any atom is -1.00 e. The Morgan fingerprint density at radius 3 is 2.06 bits per heavy atom. The summed E-state index contributed by atoms with van der Waals surface area (Å²) in [7, 11) is 4.34. The Labute approximate surface area is 228 Å². The number of halogens is 1. The number of piperidine rings is 1. The van der Waals surface area contributed by atoms with Crippen molar-refractivity contribution in [2.24, 2.45) is 23.7 Å². The largest absolute Gasteiger partial charge is 1.00 e. The second kappa shape index (κ2) is 10.9. The average molecular weight is 589 g/mol. The lowest BCUT2D eigenvalue weighted by molar-refractivity contribution is -0.933. The van der Waals surface area contributed by atoms with E-state index < -0.39 is 5.60 Å². The zero-order valence-corrected chi connectivity index (χ0v) is 23.4. The predicted octanol–water partition coefficient (Wildman–Crippen LogP) is 1.83. The van der Waals surface area contributed by atoms with Crippen molar-refractivity contribution in [3.63, 3.8) is 0 Å². The molecule has 5 heteroatoms. The molecule has 4 nitrogen and oxygen atoms in total. The van der Waals surface area contributed by atoms with Crippen molar-refractivity contribution >= 4 is 5.91 Å². The molecule has 1 aliphatic heterocycles. The molecule has 3 atom stereocenters. The summed E-state index contributed by atoms with van der Waals surface area (Å²) < 4.78 is 1.10. The SMILES string of the molecule is CN(CC1C2CCC1C[N+](C)(Cc1ccccc1)C2)C(=O)[C@](O)(c1ccccc1)C1CCCC1.[I-]. The maximum atomic E-state index is 13.9. The van der Waals surface area contributed by atoms with Crippen LogP contribution in [0.1, 0.15) is 49.7 Å². The van der Waals surface area contributed by atoms with E-state index in [9.17, 15) is 9.90 Å². The van der Waals surface area contributed by atoms with Crippen molar-refractivity contribution in [2.75, 3.05) is 33.7 Å². The van der Waals surface area contributed by atoms with Crippen molar-refractivity contribution in [3.8, 4) is 0 Å². The molecule has 190 valence electrons. The Kier molecular flexibility index (Phi) is 8.29. The van der Waals surface area contributed by atoms with Gasteiger partial charge in [-0.05, 0) is 37.2 Å². The highest BCUT2D eigenvalue weighted by molar-refractivity contribution is 5.86. The third kappa shape index (κ3) is 5.33. The fraction of sp³-hybridized carbons (Fsp3) is 0.567. The van der Waals surface area contributed by atoms with Gasteiger partial charge in [0.05, 0.1) is 20.1 Å². The van der Waals surface area contributed by atoms with E-state index in [0.29, 0.717) is 17.8 Å². The molecule has 3 fully saturated rings. The molecule has 1 amide bonds. The van der Waals surface area contributed by atoms with Crippen LogP contribution in [0.25, 0.3) is 0 Å². The van der Waals surface area contributed by atoms with Gasteiger partial charge in [-0.15, -0.1) is 0 Å². The van der Waals surface area contributed by atoms with Crippen LogP contribution in [-0.2, 0) is 16.9 Å². The minimum absolute atomic E-state index is 0. The average Bonchev–Trinajstić information content (AvgIpc) is 3.47. The fourth-order valence-electron chi connectivity index (χ4n) is 7.61. The molecular weight excluding hydrogens is 547 g/mol. The number of likely N-dealkylation sites (tertiary alicyclic amines) is 1. The van der Waals surface area contributed by atoms with E-state index >= 15 is 0 Å². The van der Waals surface area contributed by atoms with E-state index in [-0.39, 0.29) is 35.8 Å². The number of rotatable bonds is 7. The first-order valence-electron chi connectivity index (χ1n) is 13.3. The van der Waals surface area contributed by atoms with Gasteiger partial charge >= 0.3 is 0 Å². The fourth-order valence-corrected chi connectivity index (χ4v) is 7.61. The van der Waals surface area contributed by atoms with E-state index in [2.05, 4.69) is 37.4 Å². The quantitative estimate of drug-likeness (QED) is 0.397. The van der Waals surface area contributed by atoms with Crippen molar-refractivity contribution < 1.29 is 38.4 Å². The Morgan fingerprint density at radius 1 is 0.943 bits per heavy atom. The topological polar surface area (TPSA) is 40.5 Å². The summed E-state index contributed by atoms with van der Waals surface area (Å²) in [5.74, 6) is 1.76. The van der Waals surface area contributed by atoms with Crippen LogP contribution in [0.15, 0.2) is 60.7 Å². The number of benzene rings is 2. The molecule has 0 aromatic heterocycles. The number of carbonyl (C=O) groups is 1. The van der Waals surface area contributed by atoms with Crippen LogP contribution in [0.5, 0.6) is 0 Å². The second-order valence-corrected chi connectivity index (χ2v) is 11.7. The molecular formula is C30H41IN2O2. The van der Waals surface area contributed by atoms with E-state index in [1.807, 2.05) is 42.3 Å². The Morgan fingerprint density at radius 2 is 1.49 bits per heavy atom. The van der Waals surface area contributed by atoms with Gasteiger partial charge in [0.15, 0.2) is 5.60 Å². The van der Waals surface area contributed by atoms with Crippen LogP contribution in [0.3, 0.4) is 0 Å². The molecule has 0 spiro atoms. The molecule has 1 heterocycles. The summed E-state index contributed by atoms with van der Waals surface area (Å²) in [5, 5.41) is 12.0. The molecule has 1 N–H and O–H groups in total. The third-order valence-electron chi connectivity index (χ3n) is 9.19. The first-order valence-corrected chi connectivity index (χ1v) is 13.3. The summed E-state index contributed by atoms with van der Waals surface area (Å²) in [6, 6.07) is 20.6. The molecule has 0 radical (unpaired) electrons. The molecule has 2 aliphatic carbocycles. The van der Waals surface area contributed by atoms with Gasteiger partial charge in [0, 0.05) is 36.9 Å². The number of fused-ring (bicyclic) bond motifs is 2. The summed E-state index contributed by atoms with van der Waals surface area (Å²) in [6.07, 6.45) is 6.59. The first kappa shape index (κ1) is 26.6. The van der Waals surface area contributed by atoms with Crippen LogP contribution in [0.4, 0.5) is 0 Å². The zero-order chi connectivity index (χ0) is 23.8. The minimum atomic E-state index is -1.40. The van der Waals surface area contributed by atoms with Crippen molar-refractivity contribution in [1.29, 1.82) is 0 Å². The monoisotopic (exact) mass is 588 g/mol. The second-order valence-electron chi connectivity index (χ2n) is 11.7. The van der Waals surface area contributed by atoms with Crippen LogP contribution in [-0.4, -0.2) is 54.1 Å². The number of hydrogen-bond donors (Lipinski definition) is 1. The van der Waals surface area contributed by atoms with E-state index in [1.165, 1.54) is 31.5 Å². The van der Waals surface area contributed by atoms with Gasteiger partial charge in [-0.2, -0.15) is 0 Å². The summed E-state index contributed by atoms with van der Waals surface area (Å²) in [6.45, 7) is 4.22. The van der Waals surface area contributed by atoms with E-state index in [4.69, 9.17) is 0 Å². The number of nitrogens with zero attached hydrogens (tertiary/aromatic N) is 2. The molecule has 2 bridgehead atoms. The lowest BCUT2D eigenvalue weighted by Gasteiger charge is -2.46. The van der Waals surface area contributed by atoms with Gasteiger partial charge < -0.3 is 38.5 Å². The van der Waals surface area contributed by atoms with E-state index in [1.54, 1.807) is 0 Å². The Balaban J connectivity index is 0.00000289. The van der Waals surface area contributed by atoms with Crippen molar-refractivity contribution in [1.82, 2.24) is 4.90 Å². The summed E-state index contributed by atoms with van der Waals surface area (Å²) in [5.41, 5.74) is 0.773. The lowest BCUT2D eigenvalue weighted by Crippen LogP contribution is -3.00. The molecule has 5 rings (SSSR count). The van der Waals surface area contributed by atoms with Gasteiger partial charge in [0.1, 0.15) is 6.54 Å². The highest BCUT2D eigenvalue weighted by Crippen LogP contribution is 2.46. The molecule has 2 aromatic carbocycles. The molecule has 35 heavy (non-hydrogen) atoms. The van der Waals surface area contributed by atoms with Gasteiger partial charge in [-0.25, -0.2) is 0 Å².